The van der Waals surface area contributed by atoms with Gasteiger partial charge in [-0.1, -0.05) is 6.42 Å². The molecule has 1 aliphatic carbocycles. The van der Waals surface area contributed by atoms with Gasteiger partial charge in [-0.25, -0.2) is 8.42 Å². The minimum Gasteiger partial charge on any atom is -0.340 e. The van der Waals surface area contributed by atoms with E-state index in [-0.39, 0.29) is 16.7 Å². The SMILES string of the molecule is N#Cc1ccc(S(=O)(=O)N2CCN(C(=O)C3CCC3)CC2)cc1. The van der Waals surface area contributed by atoms with Gasteiger partial charge in [0.2, 0.25) is 15.9 Å². The fourth-order valence-electron chi connectivity index (χ4n) is 2.91. The van der Waals surface area contributed by atoms with Gasteiger partial charge in [0.15, 0.2) is 0 Å². The molecule has 1 amide bonds. The Kier molecular flexibility index (Phi) is 4.37. The van der Waals surface area contributed by atoms with Crippen molar-refractivity contribution in [2.24, 2.45) is 5.92 Å². The van der Waals surface area contributed by atoms with Crippen LogP contribution in [0.15, 0.2) is 29.2 Å². The molecule has 2 fully saturated rings. The molecule has 0 aromatic heterocycles. The van der Waals surface area contributed by atoms with E-state index < -0.39 is 10.0 Å². The number of rotatable bonds is 3. The van der Waals surface area contributed by atoms with Crippen LogP contribution in [0, 0.1) is 17.2 Å². The lowest BCUT2D eigenvalue weighted by Crippen LogP contribution is -2.52. The van der Waals surface area contributed by atoms with Crippen molar-refractivity contribution in [3.63, 3.8) is 0 Å². The molecule has 1 aromatic carbocycles. The smallest absolute Gasteiger partial charge is 0.243 e. The Hall–Kier alpha value is -1.91. The second-order valence-electron chi connectivity index (χ2n) is 5.99. The van der Waals surface area contributed by atoms with Crippen LogP contribution in [0.1, 0.15) is 24.8 Å². The van der Waals surface area contributed by atoms with Crippen molar-refractivity contribution in [2.45, 2.75) is 24.2 Å². The molecule has 1 aromatic rings. The summed E-state index contributed by atoms with van der Waals surface area (Å²) in [7, 11) is -3.56. The number of hydrogen-bond donors (Lipinski definition) is 0. The summed E-state index contributed by atoms with van der Waals surface area (Å²) in [4.78, 5) is 14.2. The molecule has 0 bridgehead atoms. The minimum absolute atomic E-state index is 0.150. The summed E-state index contributed by atoms with van der Waals surface area (Å²) >= 11 is 0. The molecule has 0 spiro atoms. The molecule has 7 heteroatoms. The second kappa shape index (κ2) is 6.30. The van der Waals surface area contributed by atoms with Gasteiger partial charge in [-0.15, -0.1) is 0 Å². The molecular weight excluding hydrogens is 314 g/mol. The summed E-state index contributed by atoms with van der Waals surface area (Å²) in [5.41, 5.74) is 0.430. The highest BCUT2D eigenvalue weighted by molar-refractivity contribution is 7.89. The zero-order valence-electron chi connectivity index (χ0n) is 12.8. The highest BCUT2D eigenvalue weighted by Gasteiger charge is 2.34. The van der Waals surface area contributed by atoms with E-state index in [1.807, 2.05) is 6.07 Å². The number of benzene rings is 1. The van der Waals surface area contributed by atoms with Crippen molar-refractivity contribution in [1.29, 1.82) is 5.26 Å². The third-order valence-electron chi connectivity index (χ3n) is 4.63. The van der Waals surface area contributed by atoms with Crippen LogP contribution in [-0.2, 0) is 14.8 Å². The Bertz CT molecular complexity index is 725. The van der Waals surface area contributed by atoms with Crippen LogP contribution in [0.4, 0.5) is 0 Å². The zero-order valence-corrected chi connectivity index (χ0v) is 13.6. The van der Waals surface area contributed by atoms with Crippen LogP contribution in [0.25, 0.3) is 0 Å². The zero-order chi connectivity index (χ0) is 16.4. The van der Waals surface area contributed by atoms with Gasteiger partial charge in [0.1, 0.15) is 0 Å². The van der Waals surface area contributed by atoms with Gasteiger partial charge in [0.05, 0.1) is 16.5 Å². The number of amides is 1. The van der Waals surface area contributed by atoms with E-state index in [1.165, 1.54) is 28.6 Å². The third kappa shape index (κ3) is 3.09. The van der Waals surface area contributed by atoms with Crippen LogP contribution in [0.2, 0.25) is 0 Å². The fraction of sp³-hybridized carbons (Fsp3) is 0.500. The summed E-state index contributed by atoms with van der Waals surface area (Å²) in [6, 6.07) is 7.90. The lowest BCUT2D eigenvalue weighted by atomic mass is 9.84. The standard InChI is InChI=1S/C16H19N3O3S/c17-12-13-4-6-15(7-5-13)23(21,22)19-10-8-18(9-11-19)16(20)14-2-1-3-14/h4-7,14H,1-3,8-11H2. The number of nitriles is 1. The number of hydrogen-bond acceptors (Lipinski definition) is 4. The molecule has 3 rings (SSSR count). The maximum atomic E-state index is 12.6. The Balaban J connectivity index is 1.65. The Morgan fingerprint density at radius 1 is 1.09 bits per heavy atom. The Morgan fingerprint density at radius 2 is 1.70 bits per heavy atom. The number of sulfonamides is 1. The van der Waals surface area contributed by atoms with E-state index in [2.05, 4.69) is 0 Å². The van der Waals surface area contributed by atoms with E-state index in [1.54, 1.807) is 4.90 Å². The molecule has 1 saturated heterocycles. The highest BCUT2D eigenvalue weighted by atomic mass is 32.2. The molecule has 0 unspecified atom stereocenters. The Morgan fingerprint density at radius 3 is 2.17 bits per heavy atom. The summed E-state index contributed by atoms with van der Waals surface area (Å²) in [6.45, 7) is 1.54. The highest BCUT2D eigenvalue weighted by Crippen LogP contribution is 2.29. The first-order valence-electron chi connectivity index (χ1n) is 7.81. The van der Waals surface area contributed by atoms with Crippen LogP contribution >= 0.6 is 0 Å². The molecule has 1 heterocycles. The third-order valence-corrected chi connectivity index (χ3v) is 6.54. The quantitative estimate of drug-likeness (QED) is 0.832. The maximum absolute atomic E-state index is 12.6. The normalized spacial score (nSPS) is 19.9. The average Bonchev–Trinajstić information content (AvgIpc) is 2.53. The van der Waals surface area contributed by atoms with Crippen molar-refractivity contribution < 1.29 is 13.2 Å². The van der Waals surface area contributed by atoms with Gasteiger partial charge < -0.3 is 4.90 Å². The van der Waals surface area contributed by atoms with Crippen molar-refractivity contribution in [2.75, 3.05) is 26.2 Å². The molecule has 1 aliphatic heterocycles. The van der Waals surface area contributed by atoms with Gasteiger partial charge in [0, 0.05) is 32.1 Å². The number of carbonyl (C=O) groups excluding carboxylic acids is 1. The van der Waals surface area contributed by atoms with Gasteiger partial charge in [-0.2, -0.15) is 9.57 Å². The van der Waals surface area contributed by atoms with Crippen molar-refractivity contribution in [3.8, 4) is 6.07 Å². The maximum Gasteiger partial charge on any atom is 0.243 e. The van der Waals surface area contributed by atoms with E-state index in [4.69, 9.17) is 5.26 Å². The van der Waals surface area contributed by atoms with Crippen molar-refractivity contribution in [3.05, 3.63) is 29.8 Å². The molecule has 0 atom stereocenters. The average molecular weight is 333 g/mol. The van der Waals surface area contributed by atoms with Gasteiger partial charge in [-0.05, 0) is 37.1 Å². The molecule has 0 N–H and O–H groups in total. The first-order chi connectivity index (χ1) is 11.0. The molecule has 1 saturated carbocycles. The monoisotopic (exact) mass is 333 g/mol. The first kappa shape index (κ1) is 16.0. The molecule has 6 nitrogen and oxygen atoms in total. The van der Waals surface area contributed by atoms with Crippen LogP contribution in [-0.4, -0.2) is 49.7 Å². The number of nitrogens with zero attached hydrogens (tertiary/aromatic N) is 3. The van der Waals surface area contributed by atoms with E-state index >= 15 is 0 Å². The van der Waals surface area contributed by atoms with Crippen molar-refractivity contribution >= 4 is 15.9 Å². The number of carbonyl (C=O) groups is 1. The lowest BCUT2D eigenvalue weighted by Gasteiger charge is -2.37. The molecule has 122 valence electrons. The van der Waals surface area contributed by atoms with Crippen LogP contribution in [0.3, 0.4) is 0 Å². The van der Waals surface area contributed by atoms with Gasteiger partial charge in [0.25, 0.3) is 0 Å². The minimum atomic E-state index is -3.56. The summed E-state index contributed by atoms with van der Waals surface area (Å²) in [5.74, 6) is 0.323. The van der Waals surface area contributed by atoms with Crippen LogP contribution in [0.5, 0.6) is 0 Å². The summed E-state index contributed by atoms with van der Waals surface area (Å²) in [6.07, 6.45) is 3.04. The lowest BCUT2D eigenvalue weighted by molar-refractivity contribution is -0.139. The molecule has 0 radical (unpaired) electrons. The first-order valence-corrected chi connectivity index (χ1v) is 9.25. The second-order valence-corrected chi connectivity index (χ2v) is 7.93. The number of piperazine rings is 1. The van der Waals surface area contributed by atoms with E-state index in [0.29, 0.717) is 31.7 Å². The largest absolute Gasteiger partial charge is 0.340 e. The van der Waals surface area contributed by atoms with Gasteiger partial charge >= 0.3 is 0 Å². The predicted octanol–water partition coefficient (Wildman–Crippen LogP) is 1.19. The predicted molar refractivity (Wildman–Crippen MR) is 83.8 cm³/mol. The summed E-state index contributed by atoms with van der Waals surface area (Å²) in [5, 5.41) is 8.78. The van der Waals surface area contributed by atoms with Crippen molar-refractivity contribution in [1.82, 2.24) is 9.21 Å². The topological polar surface area (TPSA) is 81.5 Å². The Labute approximate surface area is 136 Å². The molecule has 2 aliphatic rings. The molecular formula is C16H19N3O3S. The van der Waals surface area contributed by atoms with E-state index in [0.717, 1.165) is 19.3 Å². The van der Waals surface area contributed by atoms with E-state index in [9.17, 15) is 13.2 Å². The summed E-state index contributed by atoms with van der Waals surface area (Å²) < 4.78 is 26.6. The molecule has 23 heavy (non-hydrogen) atoms. The fourth-order valence-corrected chi connectivity index (χ4v) is 4.33. The van der Waals surface area contributed by atoms with Crippen LogP contribution < -0.4 is 0 Å². The van der Waals surface area contributed by atoms with Gasteiger partial charge in [-0.3, -0.25) is 4.79 Å².